The average molecular weight is 320 g/mol. The zero-order chi connectivity index (χ0) is 17.8. The largest absolute Gasteiger partial charge is 0.507 e. The lowest BCUT2D eigenvalue weighted by atomic mass is 9.77. The lowest BCUT2D eigenvalue weighted by Crippen LogP contribution is -2.19. The third-order valence-electron chi connectivity index (χ3n) is 4.60. The van der Waals surface area contributed by atoms with E-state index in [2.05, 4.69) is 53.7 Å². The molecular weight excluding hydrogens is 288 g/mol. The number of methoxy groups -OCH3 is 1. The summed E-state index contributed by atoms with van der Waals surface area (Å²) in [7, 11) is 1.43. The zero-order valence-electron chi connectivity index (χ0n) is 15.7. The Bertz CT molecular complexity index is 513. The number of phenols is 1. The van der Waals surface area contributed by atoms with Gasteiger partial charge in [0.1, 0.15) is 5.75 Å². The van der Waals surface area contributed by atoms with Gasteiger partial charge >= 0.3 is 5.97 Å². The van der Waals surface area contributed by atoms with Crippen LogP contribution in [0.2, 0.25) is 0 Å². The molecule has 130 valence electrons. The summed E-state index contributed by atoms with van der Waals surface area (Å²) in [6.07, 6.45) is 2.16. The fourth-order valence-electron chi connectivity index (χ4n) is 2.87. The molecule has 0 fully saturated rings. The van der Waals surface area contributed by atoms with Crippen molar-refractivity contribution in [1.29, 1.82) is 0 Å². The van der Waals surface area contributed by atoms with Crippen molar-refractivity contribution in [2.24, 2.45) is 0 Å². The van der Waals surface area contributed by atoms with Gasteiger partial charge in [-0.05, 0) is 46.8 Å². The van der Waals surface area contributed by atoms with E-state index >= 15 is 0 Å². The lowest BCUT2D eigenvalue weighted by Gasteiger charge is -2.28. The van der Waals surface area contributed by atoms with E-state index in [0.29, 0.717) is 12.2 Å². The molecule has 23 heavy (non-hydrogen) atoms. The molecule has 0 saturated carbocycles. The summed E-state index contributed by atoms with van der Waals surface area (Å²) in [6, 6.07) is 4.26. The number of hydrogen-bond acceptors (Lipinski definition) is 3. The van der Waals surface area contributed by atoms with Crippen molar-refractivity contribution in [3.63, 3.8) is 0 Å². The van der Waals surface area contributed by atoms with Crippen LogP contribution in [0.25, 0.3) is 0 Å². The van der Waals surface area contributed by atoms with Gasteiger partial charge in [-0.1, -0.05) is 53.7 Å². The van der Waals surface area contributed by atoms with E-state index in [1.165, 1.54) is 12.7 Å². The van der Waals surface area contributed by atoms with Gasteiger partial charge in [-0.3, -0.25) is 4.79 Å². The molecule has 0 aromatic heterocycles. The first-order chi connectivity index (χ1) is 10.6. The minimum atomic E-state index is -0.155. The number of esters is 1. The van der Waals surface area contributed by atoms with Crippen LogP contribution < -0.4 is 0 Å². The number of hydrogen-bond donors (Lipinski definition) is 1. The second kappa shape index (κ2) is 7.85. The van der Waals surface area contributed by atoms with Crippen molar-refractivity contribution in [2.45, 2.75) is 78.1 Å². The Labute approximate surface area is 141 Å². The molecule has 0 heterocycles. The van der Waals surface area contributed by atoms with Gasteiger partial charge in [-0.15, -0.1) is 0 Å². The molecule has 0 unspecified atom stereocenters. The van der Waals surface area contributed by atoms with Crippen LogP contribution >= 0.6 is 0 Å². The van der Waals surface area contributed by atoms with Gasteiger partial charge in [-0.2, -0.15) is 0 Å². The normalized spacial score (nSPS) is 12.0. The average Bonchev–Trinajstić information content (AvgIpc) is 2.46. The highest BCUT2D eigenvalue weighted by atomic mass is 16.5. The number of aromatic hydroxyl groups is 1. The summed E-state index contributed by atoms with van der Waals surface area (Å²) in [6.45, 7) is 12.8. The smallest absolute Gasteiger partial charge is 0.305 e. The summed E-state index contributed by atoms with van der Waals surface area (Å²) in [5, 5.41) is 10.5. The van der Waals surface area contributed by atoms with Crippen LogP contribution in [-0.4, -0.2) is 18.2 Å². The molecular formula is C20H32O3. The zero-order valence-corrected chi connectivity index (χ0v) is 15.7. The third-order valence-corrected chi connectivity index (χ3v) is 4.60. The van der Waals surface area contributed by atoms with Crippen LogP contribution in [0.1, 0.15) is 89.3 Å². The SMILES string of the molecule is COC(=O)CCCC(C)(C)c1cc(C(C)C)c(O)c(C(C)C)c1. The Balaban J connectivity index is 3.11. The fourth-order valence-corrected chi connectivity index (χ4v) is 2.87. The van der Waals surface area contributed by atoms with E-state index in [0.717, 1.165) is 24.0 Å². The highest BCUT2D eigenvalue weighted by molar-refractivity contribution is 5.69. The van der Waals surface area contributed by atoms with Gasteiger partial charge in [0.25, 0.3) is 0 Å². The standard InChI is InChI=1S/C20H32O3/c1-13(2)16-11-15(12-17(14(3)4)19(16)22)20(5,6)10-8-9-18(21)23-7/h11-14,22H,8-10H2,1-7H3. The van der Waals surface area contributed by atoms with Gasteiger partial charge in [-0.25, -0.2) is 0 Å². The van der Waals surface area contributed by atoms with Crippen LogP contribution in [-0.2, 0) is 14.9 Å². The van der Waals surface area contributed by atoms with Crippen molar-refractivity contribution in [1.82, 2.24) is 0 Å². The number of phenolic OH excluding ortho intramolecular Hbond substituents is 1. The highest BCUT2D eigenvalue weighted by Crippen LogP contribution is 2.39. The maximum atomic E-state index is 11.3. The number of carbonyl (C=O) groups is 1. The summed E-state index contributed by atoms with van der Waals surface area (Å²) in [4.78, 5) is 11.3. The minimum Gasteiger partial charge on any atom is -0.507 e. The molecule has 0 spiro atoms. The van der Waals surface area contributed by atoms with E-state index in [1.54, 1.807) is 0 Å². The molecule has 0 aliphatic heterocycles. The Hall–Kier alpha value is -1.51. The number of benzene rings is 1. The molecule has 0 aliphatic rings. The van der Waals surface area contributed by atoms with Gasteiger partial charge < -0.3 is 9.84 Å². The van der Waals surface area contributed by atoms with Crippen molar-refractivity contribution in [3.8, 4) is 5.75 Å². The Morgan fingerprint density at radius 1 is 1.13 bits per heavy atom. The number of carbonyl (C=O) groups excluding carboxylic acids is 1. The third kappa shape index (κ3) is 4.98. The van der Waals surface area contributed by atoms with Gasteiger partial charge in [0.05, 0.1) is 7.11 Å². The first kappa shape index (κ1) is 19.5. The molecule has 1 aromatic rings. The first-order valence-electron chi connectivity index (χ1n) is 8.54. The van der Waals surface area contributed by atoms with Gasteiger partial charge in [0, 0.05) is 6.42 Å². The van der Waals surface area contributed by atoms with E-state index in [1.807, 2.05) is 0 Å². The maximum absolute atomic E-state index is 11.3. The monoisotopic (exact) mass is 320 g/mol. The topological polar surface area (TPSA) is 46.5 Å². The molecule has 3 heteroatoms. The predicted octanol–water partition coefficient (Wildman–Crippen LogP) is 5.26. The second-order valence-corrected chi connectivity index (χ2v) is 7.63. The predicted molar refractivity (Wildman–Crippen MR) is 95.2 cm³/mol. The van der Waals surface area contributed by atoms with Crippen molar-refractivity contribution >= 4 is 5.97 Å². The molecule has 1 aromatic carbocycles. The molecule has 0 saturated heterocycles. The first-order valence-corrected chi connectivity index (χ1v) is 8.54. The molecule has 0 radical (unpaired) electrons. The van der Waals surface area contributed by atoms with Crippen LogP contribution in [0.5, 0.6) is 5.75 Å². The lowest BCUT2D eigenvalue weighted by molar-refractivity contribution is -0.140. The number of rotatable bonds is 7. The molecule has 0 amide bonds. The molecule has 1 rings (SSSR count). The van der Waals surface area contributed by atoms with Crippen LogP contribution in [0.3, 0.4) is 0 Å². The van der Waals surface area contributed by atoms with E-state index in [4.69, 9.17) is 4.74 Å². The molecule has 0 atom stereocenters. The van der Waals surface area contributed by atoms with E-state index in [9.17, 15) is 9.90 Å². The van der Waals surface area contributed by atoms with Crippen molar-refractivity contribution < 1.29 is 14.6 Å². The Kier molecular flexibility index (Phi) is 6.67. The summed E-state index contributed by atoms with van der Waals surface area (Å²) in [5.74, 6) is 0.831. The van der Waals surface area contributed by atoms with Crippen LogP contribution in [0.15, 0.2) is 12.1 Å². The quantitative estimate of drug-likeness (QED) is 0.697. The number of ether oxygens (including phenoxy) is 1. The Morgan fingerprint density at radius 3 is 2.00 bits per heavy atom. The van der Waals surface area contributed by atoms with Gasteiger partial charge in [0.2, 0.25) is 0 Å². The summed E-state index contributed by atoms with van der Waals surface area (Å²) in [5.41, 5.74) is 3.20. The molecule has 0 bridgehead atoms. The van der Waals surface area contributed by atoms with Gasteiger partial charge in [0.15, 0.2) is 0 Å². The Morgan fingerprint density at radius 2 is 1.61 bits per heavy atom. The van der Waals surface area contributed by atoms with E-state index in [-0.39, 0.29) is 23.2 Å². The molecule has 3 nitrogen and oxygen atoms in total. The van der Waals surface area contributed by atoms with Crippen molar-refractivity contribution in [3.05, 3.63) is 28.8 Å². The summed E-state index contributed by atoms with van der Waals surface area (Å²) >= 11 is 0. The molecule has 1 N–H and O–H groups in total. The minimum absolute atomic E-state index is 0.0466. The second-order valence-electron chi connectivity index (χ2n) is 7.63. The van der Waals surface area contributed by atoms with Crippen molar-refractivity contribution in [2.75, 3.05) is 7.11 Å². The fraction of sp³-hybridized carbons (Fsp3) is 0.650. The van der Waals surface area contributed by atoms with Crippen LogP contribution in [0.4, 0.5) is 0 Å². The highest BCUT2D eigenvalue weighted by Gasteiger charge is 2.25. The van der Waals surface area contributed by atoms with E-state index < -0.39 is 0 Å². The molecule has 0 aliphatic carbocycles. The maximum Gasteiger partial charge on any atom is 0.305 e. The summed E-state index contributed by atoms with van der Waals surface area (Å²) < 4.78 is 4.72. The van der Waals surface area contributed by atoms with Crippen LogP contribution in [0, 0.1) is 0 Å².